The van der Waals surface area contributed by atoms with Crippen molar-refractivity contribution < 1.29 is 9.59 Å². The maximum Gasteiger partial charge on any atom is 0.242 e. The molecule has 2 rings (SSSR count). The molecule has 2 amide bonds. The number of hydrogen-bond acceptors (Lipinski definition) is 7. The molecule has 0 aliphatic heterocycles. The molecule has 1 heterocycles. The van der Waals surface area contributed by atoms with Crippen molar-refractivity contribution in [3.05, 3.63) is 29.3 Å². The van der Waals surface area contributed by atoms with Crippen LogP contribution in [0.1, 0.15) is 25.0 Å². The zero-order valence-corrected chi connectivity index (χ0v) is 16.9. The van der Waals surface area contributed by atoms with Crippen LogP contribution < -0.4 is 16.0 Å². The lowest BCUT2D eigenvalue weighted by molar-refractivity contribution is -0.127. The number of anilines is 2. The number of carbonyl (C=O) groups is 2. The highest BCUT2D eigenvalue weighted by Crippen LogP contribution is 2.29. The van der Waals surface area contributed by atoms with Gasteiger partial charge in [-0.05, 0) is 44.9 Å². The molecule has 0 radical (unpaired) electrons. The van der Waals surface area contributed by atoms with Crippen LogP contribution in [0.4, 0.5) is 10.8 Å². The Hall–Kier alpha value is -2.13. The first kappa shape index (κ1) is 20.2. The minimum atomic E-state index is -0.556. The second-order valence-corrected chi connectivity index (χ2v) is 7.92. The highest BCUT2D eigenvalue weighted by molar-refractivity contribution is 8.01. The Morgan fingerprint density at radius 3 is 2.77 bits per heavy atom. The Labute approximate surface area is 161 Å². The molecule has 2 aromatic rings. The summed E-state index contributed by atoms with van der Waals surface area (Å²) in [4.78, 5) is 23.6. The van der Waals surface area contributed by atoms with E-state index < -0.39 is 6.04 Å². The lowest BCUT2D eigenvalue weighted by atomic mass is 10.1. The lowest BCUT2D eigenvalue weighted by Crippen LogP contribution is -2.45. The van der Waals surface area contributed by atoms with E-state index in [1.54, 1.807) is 6.92 Å². The first-order valence-corrected chi connectivity index (χ1v) is 10.1. The van der Waals surface area contributed by atoms with Crippen molar-refractivity contribution in [1.29, 1.82) is 0 Å². The van der Waals surface area contributed by atoms with Crippen LogP contribution in [0.5, 0.6) is 0 Å². The summed E-state index contributed by atoms with van der Waals surface area (Å²) in [7, 11) is 0. The molecule has 1 aromatic heterocycles. The Morgan fingerprint density at radius 1 is 1.27 bits per heavy atom. The van der Waals surface area contributed by atoms with Crippen LogP contribution in [0.3, 0.4) is 0 Å². The molecule has 0 aliphatic carbocycles. The second-order valence-electron chi connectivity index (χ2n) is 5.72. The number of nitrogens with one attached hydrogen (secondary N) is 3. The Balaban J connectivity index is 1.85. The number of thioether (sulfide) groups is 1. The standard InChI is InChI=1S/C17H23N5O2S2/c1-5-18-15(24)12(4)19-14(23)9-25-17-22-21-16(26-17)20-13-8-6-7-10(2)11(13)3/h6-8,12H,5,9H2,1-4H3,(H,18,24)(H,19,23)(H,20,21)/t12-/m0/s1. The van der Waals surface area contributed by atoms with E-state index in [4.69, 9.17) is 0 Å². The fraction of sp³-hybridized carbons (Fsp3) is 0.412. The van der Waals surface area contributed by atoms with Gasteiger partial charge in [-0.15, -0.1) is 10.2 Å². The lowest BCUT2D eigenvalue weighted by Gasteiger charge is -2.12. The Bertz CT molecular complexity index is 778. The summed E-state index contributed by atoms with van der Waals surface area (Å²) < 4.78 is 0.693. The molecule has 0 saturated heterocycles. The third-order valence-corrected chi connectivity index (χ3v) is 5.67. The molecule has 1 atom stereocenters. The number of amides is 2. The van der Waals surface area contributed by atoms with Crippen LogP contribution in [0, 0.1) is 13.8 Å². The molecule has 0 bridgehead atoms. The predicted octanol–water partition coefficient (Wildman–Crippen LogP) is 2.63. The van der Waals surface area contributed by atoms with E-state index in [1.165, 1.54) is 28.7 Å². The fourth-order valence-electron chi connectivity index (χ4n) is 2.12. The number of aromatic nitrogens is 2. The van der Waals surface area contributed by atoms with E-state index in [2.05, 4.69) is 46.1 Å². The minimum Gasteiger partial charge on any atom is -0.355 e. The van der Waals surface area contributed by atoms with Crippen LogP contribution in [0.2, 0.25) is 0 Å². The average Bonchev–Trinajstić information content (AvgIpc) is 3.05. The van der Waals surface area contributed by atoms with Crippen molar-refractivity contribution in [2.75, 3.05) is 17.6 Å². The zero-order chi connectivity index (χ0) is 19.1. The maximum absolute atomic E-state index is 11.9. The van der Waals surface area contributed by atoms with E-state index in [0.717, 1.165) is 11.3 Å². The number of hydrogen-bond donors (Lipinski definition) is 3. The molecular weight excluding hydrogens is 370 g/mol. The molecular formula is C17H23N5O2S2. The van der Waals surface area contributed by atoms with Gasteiger partial charge in [0.15, 0.2) is 4.34 Å². The van der Waals surface area contributed by atoms with E-state index in [0.29, 0.717) is 16.0 Å². The summed E-state index contributed by atoms with van der Waals surface area (Å²) >= 11 is 2.68. The quantitative estimate of drug-likeness (QED) is 0.597. The van der Waals surface area contributed by atoms with Gasteiger partial charge in [0, 0.05) is 12.2 Å². The highest BCUT2D eigenvalue weighted by Gasteiger charge is 2.15. The highest BCUT2D eigenvalue weighted by atomic mass is 32.2. The summed E-state index contributed by atoms with van der Waals surface area (Å²) in [6.07, 6.45) is 0. The number of aryl methyl sites for hydroxylation is 1. The van der Waals surface area contributed by atoms with Crippen molar-refractivity contribution >= 4 is 45.7 Å². The summed E-state index contributed by atoms with van der Waals surface area (Å²) in [5.74, 6) is -0.225. The van der Waals surface area contributed by atoms with Gasteiger partial charge in [-0.25, -0.2) is 0 Å². The van der Waals surface area contributed by atoms with Crippen molar-refractivity contribution in [2.24, 2.45) is 0 Å². The molecule has 26 heavy (non-hydrogen) atoms. The monoisotopic (exact) mass is 393 g/mol. The second kappa shape index (κ2) is 9.54. The molecule has 3 N–H and O–H groups in total. The van der Waals surface area contributed by atoms with Gasteiger partial charge >= 0.3 is 0 Å². The maximum atomic E-state index is 11.9. The van der Waals surface area contributed by atoms with Crippen LogP contribution in [0.25, 0.3) is 0 Å². The molecule has 140 valence electrons. The number of nitrogens with zero attached hydrogens (tertiary/aromatic N) is 2. The van der Waals surface area contributed by atoms with Gasteiger partial charge in [0.25, 0.3) is 0 Å². The number of likely N-dealkylation sites (N-methyl/N-ethyl adjacent to an activating group) is 1. The summed E-state index contributed by atoms with van der Waals surface area (Å²) in [6, 6.07) is 5.48. The SMILES string of the molecule is CCNC(=O)[C@H](C)NC(=O)CSc1nnc(Nc2cccc(C)c2C)s1. The van der Waals surface area contributed by atoms with Gasteiger partial charge in [-0.2, -0.15) is 0 Å². The number of carbonyl (C=O) groups excluding carboxylic acids is 2. The van der Waals surface area contributed by atoms with Gasteiger partial charge in [0.1, 0.15) is 6.04 Å². The molecule has 7 nitrogen and oxygen atoms in total. The van der Waals surface area contributed by atoms with Crippen LogP contribution in [0.15, 0.2) is 22.5 Å². The molecule has 0 aliphatic rings. The van der Waals surface area contributed by atoms with Crippen LogP contribution in [-0.2, 0) is 9.59 Å². The first-order valence-electron chi connectivity index (χ1n) is 8.27. The van der Waals surface area contributed by atoms with Crippen molar-refractivity contribution in [1.82, 2.24) is 20.8 Å². The normalized spacial score (nSPS) is 11.7. The van der Waals surface area contributed by atoms with E-state index in [1.807, 2.05) is 19.1 Å². The molecule has 0 saturated carbocycles. The summed E-state index contributed by atoms with van der Waals surface area (Å²) in [5.41, 5.74) is 3.36. The number of rotatable bonds is 8. The first-order chi connectivity index (χ1) is 12.4. The van der Waals surface area contributed by atoms with Gasteiger partial charge in [0.05, 0.1) is 5.75 Å². The van der Waals surface area contributed by atoms with Gasteiger partial charge in [0.2, 0.25) is 16.9 Å². The topological polar surface area (TPSA) is 96.0 Å². The van der Waals surface area contributed by atoms with Crippen LogP contribution in [-0.4, -0.2) is 40.4 Å². The largest absolute Gasteiger partial charge is 0.355 e. The molecule has 9 heteroatoms. The van der Waals surface area contributed by atoms with Crippen molar-refractivity contribution in [3.8, 4) is 0 Å². The van der Waals surface area contributed by atoms with Gasteiger partial charge in [-0.3, -0.25) is 9.59 Å². The van der Waals surface area contributed by atoms with Gasteiger partial charge in [-0.1, -0.05) is 35.2 Å². The molecule has 0 spiro atoms. The summed E-state index contributed by atoms with van der Waals surface area (Å²) in [5, 5.41) is 17.5. The minimum absolute atomic E-state index is 0.182. The van der Waals surface area contributed by atoms with Gasteiger partial charge < -0.3 is 16.0 Å². The van der Waals surface area contributed by atoms with E-state index in [9.17, 15) is 9.59 Å². The number of benzene rings is 1. The molecule has 1 aromatic carbocycles. The zero-order valence-electron chi connectivity index (χ0n) is 15.3. The van der Waals surface area contributed by atoms with Crippen molar-refractivity contribution in [3.63, 3.8) is 0 Å². The van der Waals surface area contributed by atoms with E-state index >= 15 is 0 Å². The predicted molar refractivity (Wildman–Crippen MR) is 106 cm³/mol. The Morgan fingerprint density at radius 2 is 2.04 bits per heavy atom. The molecule has 0 fully saturated rings. The Kier molecular flexibility index (Phi) is 7.40. The fourth-order valence-corrected chi connectivity index (χ4v) is 3.70. The third kappa shape index (κ3) is 5.70. The van der Waals surface area contributed by atoms with Crippen LogP contribution >= 0.6 is 23.1 Å². The smallest absolute Gasteiger partial charge is 0.242 e. The third-order valence-electron chi connectivity index (χ3n) is 3.70. The summed E-state index contributed by atoms with van der Waals surface area (Å²) in [6.45, 7) is 8.14. The van der Waals surface area contributed by atoms with Crippen molar-refractivity contribution in [2.45, 2.75) is 38.1 Å². The average molecular weight is 394 g/mol. The van der Waals surface area contributed by atoms with E-state index in [-0.39, 0.29) is 17.6 Å². The molecule has 0 unspecified atom stereocenters.